The molecule has 0 radical (unpaired) electrons. The maximum atomic E-state index is 9.99. The SMILES string of the molecule is NCCSP(=O)(O)O.[NaH]. The summed E-state index contributed by atoms with van der Waals surface area (Å²) in [7, 11) is 0. The Balaban J connectivity index is 0. The monoisotopic (exact) mass is 181 g/mol. The van der Waals surface area contributed by atoms with Crippen molar-refractivity contribution >= 4 is 47.7 Å². The van der Waals surface area contributed by atoms with E-state index in [1.54, 1.807) is 0 Å². The standard InChI is InChI=1S/C2H8NO3PS.Na.H/c3-1-2-8-7(4,5)6;;/h1-3H2,(H2,4,5,6);;. The Morgan fingerprint density at radius 1 is 1.56 bits per heavy atom. The molecular formula is C2H9NNaO3PS. The Labute approximate surface area is 79.8 Å². The number of rotatable bonds is 3. The summed E-state index contributed by atoms with van der Waals surface area (Å²) in [4.78, 5) is 16.3. The predicted molar refractivity (Wildman–Crippen MR) is 40.7 cm³/mol. The Morgan fingerprint density at radius 2 is 2.00 bits per heavy atom. The summed E-state index contributed by atoms with van der Waals surface area (Å²) in [5, 5.41) is 0. The van der Waals surface area contributed by atoms with E-state index in [1.165, 1.54) is 0 Å². The second kappa shape index (κ2) is 6.19. The molecule has 0 bridgehead atoms. The molecule has 4 N–H and O–H groups in total. The van der Waals surface area contributed by atoms with Gasteiger partial charge in [-0.3, -0.25) is 0 Å². The van der Waals surface area contributed by atoms with Gasteiger partial charge in [-0.1, -0.05) is 0 Å². The summed E-state index contributed by atoms with van der Waals surface area (Å²) in [6, 6.07) is 0. The third kappa shape index (κ3) is 12.6. The first-order valence-electron chi connectivity index (χ1n) is 1.96. The van der Waals surface area contributed by atoms with E-state index in [1.807, 2.05) is 0 Å². The molecule has 0 spiro atoms. The van der Waals surface area contributed by atoms with Crippen molar-refractivity contribution in [3.05, 3.63) is 0 Å². The average molecular weight is 181 g/mol. The number of hydrogen-bond donors (Lipinski definition) is 3. The molecule has 9 heavy (non-hydrogen) atoms. The molecule has 0 aliphatic carbocycles. The zero-order chi connectivity index (χ0) is 6.62. The summed E-state index contributed by atoms with van der Waals surface area (Å²) in [5.74, 6) is 0.310. The van der Waals surface area contributed by atoms with Crippen LogP contribution in [0.3, 0.4) is 0 Å². The van der Waals surface area contributed by atoms with E-state index >= 15 is 0 Å². The Bertz CT molecular complexity index is 106. The van der Waals surface area contributed by atoms with Crippen LogP contribution in [0.2, 0.25) is 0 Å². The molecule has 0 aliphatic heterocycles. The van der Waals surface area contributed by atoms with E-state index in [4.69, 9.17) is 15.5 Å². The summed E-state index contributed by atoms with van der Waals surface area (Å²) in [6.45, 7) is -3.54. The molecule has 0 aromatic heterocycles. The first-order chi connectivity index (χ1) is 3.56. The van der Waals surface area contributed by atoms with Gasteiger partial charge in [0.1, 0.15) is 0 Å². The van der Waals surface area contributed by atoms with Crippen LogP contribution >= 0.6 is 18.2 Å². The van der Waals surface area contributed by atoms with E-state index in [2.05, 4.69) is 0 Å². The third-order valence-corrected chi connectivity index (χ3v) is 2.69. The van der Waals surface area contributed by atoms with Crippen LogP contribution in [0.25, 0.3) is 0 Å². The molecule has 0 saturated heterocycles. The van der Waals surface area contributed by atoms with E-state index in [9.17, 15) is 4.57 Å². The van der Waals surface area contributed by atoms with E-state index < -0.39 is 6.80 Å². The van der Waals surface area contributed by atoms with E-state index in [0.29, 0.717) is 23.7 Å². The van der Waals surface area contributed by atoms with Crippen LogP contribution in [0.4, 0.5) is 0 Å². The molecule has 0 unspecified atom stereocenters. The fraction of sp³-hybridized carbons (Fsp3) is 1.00. The molecule has 52 valence electrons. The van der Waals surface area contributed by atoms with Crippen molar-refractivity contribution in [2.24, 2.45) is 5.73 Å². The Morgan fingerprint density at radius 3 is 2.11 bits per heavy atom. The molecule has 0 aliphatic rings. The first kappa shape index (κ1) is 13.1. The fourth-order valence-corrected chi connectivity index (χ4v) is 1.54. The van der Waals surface area contributed by atoms with E-state index in [-0.39, 0.29) is 29.6 Å². The van der Waals surface area contributed by atoms with Gasteiger partial charge >= 0.3 is 36.4 Å². The molecule has 0 rings (SSSR count). The van der Waals surface area contributed by atoms with Gasteiger partial charge in [0, 0.05) is 12.3 Å². The van der Waals surface area contributed by atoms with Gasteiger partial charge in [0.25, 0.3) is 0 Å². The quantitative estimate of drug-likeness (QED) is 0.389. The van der Waals surface area contributed by atoms with Gasteiger partial charge in [-0.05, 0) is 11.4 Å². The van der Waals surface area contributed by atoms with Gasteiger partial charge in [0.15, 0.2) is 0 Å². The molecule has 7 heteroatoms. The minimum absolute atomic E-state index is 0. The van der Waals surface area contributed by atoms with Gasteiger partial charge < -0.3 is 15.5 Å². The molecule has 0 aromatic carbocycles. The summed E-state index contributed by atoms with van der Waals surface area (Å²) < 4.78 is 9.99. The molecule has 4 nitrogen and oxygen atoms in total. The van der Waals surface area contributed by atoms with Crippen molar-refractivity contribution in [2.45, 2.75) is 0 Å². The fourth-order valence-electron chi connectivity index (χ4n) is 0.172. The van der Waals surface area contributed by atoms with Gasteiger partial charge in [0.2, 0.25) is 0 Å². The zero-order valence-corrected chi connectivity index (χ0v) is 5.86. The molecule has 0 saturated carbocycles. The molecule has 0 amide bonds. The zero-order valence-electron chi connectivity index (χ0n) is 4.15. The van der Waals surface area contributed by atoms with Gasteiger partial charge in [0.05, 0.1) is 0 Å². The normalized spacial score (nSPS) is 10.6. The van der Waals surface area contributed by atoms with Gasteiger partial charge in [-0.2, -0.15) is 0 Å². The summed E-state index contributed by atoms with van der Waals surface area (Å²) in [5.41, 5.74) is 4.97. The molecule has 0 atom stereocenters. The molecular weight excluding hydrogens is 172 g/mol. The predicted octanol–water partition coefficient (Wildman–Crippen LogP) is -0.877. The van der Waals surface area contributed by atoms with Crippen molar-refractivity contribution in [3.63, 3.8) is 0 Å². The number of hydrogen-bond acceptors (Lipinski definition) is 3. The van der Waals surface area contributed by atoms with Gasteiger partial charge in [-0.25, -0.2) is 4.57 Å². The van der Waals surface area contributed by atoms with Gasteiger partial charge in [-0.15, -0.1) is 0 Å². The van der Waals surface area contributed by atoms with Crippen molar-refractivity contribution < 1.29 is 14.4 Å². The maximum absolute atomic E-state index is 9.99. The van der Waals surface area contributed by atoms with Crippen molar-refractivity contribution in [1.82, 2.24) is 0 Å². The third-order valence-electron chi connectivity index (χ3n) is 0.377. The average Bonchev–Trinajstić information content (AvgIpc) is 1.59. The van der Waals surface area contributed by atoms with Crippen LogP contribution in [0, 0.1) is 0 Å². The Kier molecular flexibility index (Phi) is 8.99. The van der Waals surface area contributed by atoms with Crippen LogP contribution < -0.4 is 5.73 Å². The second-order valence-electron chi connectivity index (χ2n) is 1.11. The molecule has 0 aromatic rings. The van der Waals surface area contributed by atoms with Crippen LogP contribution in [0.1, 0.15) is 0 Å². The summed E-state index contributed by atoms with van der Waals surface area (Å²) in [6.07, 6.45) is 0. The summed E-state index contributed by atoms with van der Waals surface area (Å²) >= 11 is 0.575. The van der Waals surface area contributed by atoms with Crippen molar-refractivity contribution in [3.8, 4) is 0 Å². The van der Waals surface area contributed by atoms with Crippen LogP contribution in [-0.2, 0) is 4.57 Å². The van der Waals surface area contributed by atoms with Crippen LogP contribution in [0.5, 0.6) is 0 Å². The van der Waals surface area contributed by atoms with Crippen LogP contribution in [0.15, 0.2) is 0 Å². The van der Waals surface area contributed by atoms with Crippen molar-refractivity contribution in [1.29, 1.82) is 0 Å². The molecule has 0 heterocycles. The Hall–Kier alpha value is 1.46. The van der Waals surface area contributed by atoms with Crippen molar-refractivity contribution in [2.75, 3.05) is 12.3 Å². The van der Waals surface area contributed by atoms with E-state index in [0.717, 1.165) is 0 Å². The number of nitrogens with two attached hydrogens (primary N) is 1. The van der Waals surface area contributed by atoms with Crippen LogP contribution in [-0.4, -0.2) is 51.6 Å². The topological polar surface area (TPSA) is 83.6 Å². The second-order valence-corrected chi connectivity index (χ2v) is 4.96. The molecule has 0 fully saturated rings. The minimum atomic E-state index is -3.85. The first-order valence-corrected chi connectivity index (χ1v) is 5.17.